The predicted octanol–water partition coefficient (Wildman–Crippen LogP) is 1.23. The standard InChI is InChI=1S/C11H12O2/c1-3-10(12)8-9-4-6-11(13-2)7-5-9/h1,4-7,10,12H,8H2,2H3/t10-/m1/s1. The van der Waals surface area contributed by atoms with E-state index in [9.17, 15) is 5.11 Å². The number of benzene rings is 1. The number of rotatable bonds is 3. The third-order valence-electron chi connectivity index (χ3n) is 1.78. The van der Waals surface area contributed by atoms with E-state index in [0.29, 0.717) is 6.42 Å². The molecule has 0 unspecified atom stereocenters. The molecule has 2 heteroatoms. The molecular weight excluding hydrogens is 164 g/mol. The Labute approximate surface area is 78.2 Å². The summed E-state index contributed by atoms with van der Waals surface area (Å²) in [5.74, 6) is 3.07. The monoisotopic (exact) mass is 176 g/mol. The number of aliphatic hydroxyl groups excluding tert-OH is 1. The first-order valence-electron chi connectivity index (χ1n) is 4.03. The van der Waals surface area contributed by atoms with Crippen LogP contribution in [0.15, 0.2) is 24.3 Å². The van der Waals surface area contributed by atoms with Crippen LogP contribution in [0, 0.1) is 12.3 Å². The molecule has 0 aliphatic heterocycles. The van der Waals surface area contributed by atoms with Crippen LogP contribution in [0.2, 0.25) is 0 Å². The maximum atomic E-state index is 9.17. The Kier molecular flexibility index (Phi) is 3.36. The van der Waals surface area contributed by atoms with Gasteiger partial charge in [-0.3, -0.25) is 0 Å². The van der Waals surface area contributed by atoms with Gasteiger partial charge in [0.2, 0.25) is 0 Å². The minimum absolute atomic E-state index is 0.487. The molecule has 1 atom stereocenters. The molecule has 0 aliphatic rings. The summed E-state index contributed by atoms with van der Waals surface area (Å²) in [6, 6.07) is 7.47. The van der Waals surface area contributed by atoms with Crippen LogP contribution in [0.1, 0.15) is 5.56 Å². The number of methoxy groups -OCH3 is 1. The zero-order chi connectivity index (χ0) is 9.68. The smallest absolute Gasteiger partial charge is 0.118 e. The van der Waals surface area contributed by atoms with E-state index in [1.165, 1.54) is 0 Å². The van der Waals surface area contributed by atoms with E-state index in [2.05, 4.69) is 5.92 Å². The van der Waals surface area contributed by atoms with E-state index in [4.69, 9.17) is 11.2 Å². The zero-order valence-electron chi connectivity index (χ0n) is 7.53. The average Bonchev–Trinajstić information content (AvgIpc) is 2.19. The molecule has 1 N–H and O–H groups in total. The fourth-order valence-corrected chi connectivity index (χ4v) is 1.04. The fraction of sp³-hybridized carbons (Fsp3) is 0.273. The molecule has 1 aromatic carbocycles. The minimum Gasteiger partial charge on any atom is -0.497 e. The average molecular weight is 176 g/mol. The Morgan fingerprint density at radius 1 is 1.46 bits per heavy atom. The second-order valence-corrected chi connectivity index (χ2v) is 2.73. The van der Waals surface area contributed by atoms with Crippen molar-refractivity contribution in [2.24, 2.45) is 0 Å². The van der Waals surface area contributed by atoms with Crippen molar-refractivity contribution >= 4 is 0 Å². The van der Waals surface area contributed by atoms with E-state index in [0.717, 1.165) is 11.3 Å². The number of ether oxygens (including phenoxy) is 1. The first-order valence-corrected chi connectivity index (χ1v) is 4.03. The Bertz CT molecular complexity index is 295. The van der Waals surface area contributed by atoms with Crippen LogP contribution in [0.4, 0.5) is 0 Å². The molecule has 0 amide bonds. The molecule has 1 rings (SSSR count). The van der Waals surface area contributed by atoms with Crippen LogP contribution < -0.4 is 4.74 Å². The zero-order valence-corrected chi connectivity index (χ0v) is 7.53. The Morgan fingerprint density at radius 2 is 2.08 bits per heavy atom. The van der Waals surface area contributed by atoms with Gasteiger partial charge in [-0.1, -0.05) is 18.1 Å². The molecule has 68 valence electrons. The Morgan fingerprint density at radius 3 is 2.54 bits per heavy atom. The summed E-state index contributed by atoms with van der Waals surface area (Å²) in [5, 5.41) is 9.17. The largest absolute Gasteiger partial charge is 0.497 e. The normalized spacial score (nSPS) is 11.8. The lowest BCUT2D eigenvalue weighted by Crippen LogP contribution is -2.06. The van der Waals surface area contributed by atoms with Crippen LogP contribution >= 0.6 is 0 Å². The minimum atomic E-state index is -0.701. The first kappa shape index (κ1) is 9.63. The van der Waals surface area contributed by atoms with Gasteiger partial charge >= 0.3 is 0 Å². The molecule has 13 heavy (non-hydrogen) atoms. The number of aliphatic hydroxyl groups is 1. The highest BCUT2D eigenvalue weighted by Gasteiger charge is 2.00. The van der Waals surface area contributed by atoms with Gasteiger partial charge in [-0.25, -0.2) is 0 Å². The summed E-state index contributed by atoms with van der Waals surface area (Å²) in [4.78, 5) is 0. The summed E-state index contributed by atoms with van der Waals surface area (Å²) >= 11 is 0. The van der Waals surface area contributed by atoms with Crippen molar-refractivity contribution in [1.82, 2.24) is 0 Å². The molecule has 0 saturated heterocycles. The van der Waals surface area contributed by atoms with Crippen LogP contribution in [0.5, 0.6) is 5.75 Å². The SMILES string of the molecule is C#C[C@@H](O)Cc1ccc(OC)cc1. The van der Waals surface area contributed by atoms with Gasteiger partial charge in [-0.15, -0.1) is 6.42 Å². The van der Waals surface area contributed by atoms with Crippen molar-refractivity contribution < 1.29 is 9.84 Å². The van der Waals surface area contributed by atoms with Gasteiger partial charge < -0.3 is 9.84 Å². The van der Waals surface area contributed by atoms with Gasteiger partial charge in [0.05, 0.1) is 7.11 Å². The van der Waals surface area contributed by atoms with Crippen LogP contribution in [-0.4, -0.2) is 18.3 Å². The van der Waals surface area contributed by atoms with E-state index < -0.39 is 6.10 Å². The molecule has 0 heterocycles. The highest BCUT2D eigenvalue weighted by atomic mass is 16.5. The molecule has 0 spiro atoms. The maximum absolute atomic E-state index is 9.17. The second kappa shape index (κ2) is 4.54. The van der Waals surface area contributed by atoms with Gasteiger partial charge in [-0.05, 0) is 17.7 Å². The molecule has 1 aromatic rings. The molecule has 0 saturated carbocycles. The van der Waals surface area contributed by atoms with E-state index in [1.54, 1.807) is 7.11 Å². The van der Waals surface area contributed by atoms with Gasteiger partial charge in [0.25, 0.3) is 0 Å². The molecule has 2 nitrogen and oxygen atoms in total. The topological polar surface area (TPSA) is 29.5 Å². The van der Waals surface area contributed by atoms with Crippen molar-refractivity contribution in [1.29, 1.82) is 0 Å². The number of hydrogen-bond acceptors (Lipinski definition) is 2. The lowest BCUT2D eigenvalue weighted by atomic mass is 10.1. The fourth-order valence-electron chi connectivity index (χ4n) is 1.04. The van der Waals surface area contributed by atoms with E-state index >= 15 is 0 Å². The third-order valence-corrected chi connectivity index (χ3v) is 1.78. The van der Waals surface area contributed by atoms with E-state index in [-0.39, 0.29) is 0 Å². The van der Waals surface area contributed by atoms with Crippen molar-refractivity contribution in [3.8, 4) is 18.1 Å². The van der Waals surface area contributed by atoms with Crippen molar-refractivity contribution in [2.45, 2.75) is 12.5 Å². The Balaban J connectivity index is 2.65. The van der Waals surface area contributed by atoms with Crippen LogP contribution in [0.3, 0.4) is 0 Å². The van der Waals surface area contributed by atoms with Gasteiger partial charge in [-0.2, -0.15) is 0 Å². The van der Waals surface area contributed by atoms with Crippen LogP contribution in [0.25, 0.3) is 0 Å². The number of terminal acetylenes is 1. The van der Waals surface area contributed by atoms with Crippen LogP contribution in [-0.2, 0) is 6.42 Å². The summed E-state index contributed by atoms with van der Waals surface area (Å²) in [6.07, 6.45) is 4.84. The predicted molar refractivity (Wildman–Crippen MR) is 51.5 cm³/mol. The van der Waals surface area contributed by atoms with Gasteiger partial charge in [0, 0.05) is 6.42 Å². The summed E-state index contributed by atoms with van der Waals surface area (Å²) in [5.41, 5.74) is 1.01. The summed E-state index contributed by atoms with van der Waals surface area (Å²) < 4.78 is 5.00. The molecule has 0 bridgehead atoms. The van der Waals surface area contributed by atoms with Crippen molar-refractivity contribution in [2.75, 3.05) is 7.11 Å². The van der Waals surface area contributed by atoms with Crippen molar-refractivity contribution in [3.05, 3.63) is 29.8 Å². The highest BCUT2D eigenvalue weighted by molar-refractivity contribution is 5.28. The van der Waals surface area contributed by atoms with Crippen molar-refractivity contribution in [3.63, 3.8) is 0 Å². The Hall–Kier alpha value is -1.46. The lowest BCUT2D eigenvalue weighted by molar-refractivity contribution is 0.233. The highest BCUT2D eigenvalue weighted by Crippen LogP contribution is 2.12. The quantitative estimate of drug-likeness (QED) is 0.702. The lowest BCUT2D eigenvalue weighted by Gasteiger charge is -2.04. The third kappa shape index (κ3) is 2.81. The molecule has 0 fully saturated rings. The van der Waals surface area contributed by atoms with Gasteiger partial charge in [0.15, 0.2) is 0 Å². The molecule has 0 aromatic heterocycles. The second-order valence-electron chi connectivity index (χ2n) is 2.73. The summed E-state index contributed by atoms with van der Waals surface area (Å²) in [7, 11) is 1.62. The molecule has 0 aliphatic carbocycles. The summed E-state index contributed by atoms with van der Waals surface area (Å²) in [6.45, 7) is 0. The number of hydrogen-bond donors (Lipinski definition) is 1. The van der Waals surface area contributed by atoms with Gasteiger partial charge in [0.1, 0.15) is 11.9 Å². The first-order chi connectivity index (χ1) is 6.26. The maximum Gasteiger partial charge on any atom is 0.118 e. The molecule has 0 radical (unpaired) electrons. The van der Waals surface area contributed by atoms with E-state index in [1.807, 2.05) is 24.3 Å². The molecular formula is C11H12O2.